The zero-order chi connectivity index (χ0) is 31.5. The van der Waals surface area contributed by atoms with E-state index in [4.69, 9.17) is 9.47 Å². The van der Waals surface area contributed by atoms with Crippen LogP contribution in [0.5, 0.6) is 0 Å². The van der Waals surface area contributed by atoms with E-state index in [2.05, 4.69) is 86.0 Å². The molecule has 0 bridgehead atoms. The average molecular weight is 609 g/mol. The van der Waals surface area contributed by atoms with Gasteiger partial charge in [-0.15, -0.1) is 0 Å². The van der Waals surface area contributed by atoms with Crippen LogP contribution in [0.1, 0.15) is 129 Å². The lowest BCUT2D eigenvalue weighted by atomic mass is 10.0. The summed E-state index contributed by atoms with van der Waals surface area (Å²) in [6.45, 7) is 19.7. The van der Waals surface area contributed by atoms with Crippen LogP contribution in [0.15, 0.2) is 48.5 Å². The summed E-state index contributed by atoms with van der Waals surface area (Å²) in [5.41, 5.74) is 5.00. The Morgan fingerprint density at radius 2 is 0.705 bits per heavy atom. The summed E-state index contributed by atoms with van der Waals surface area (Å²) in [5, 5.41) is 0. The predicted molar refractivity (Wildman–Crippen MR) is 191 cm³/mol. The molecule has 4 nitrogen and oxygen atoms in total. The van der Waals surface area contributed by atoms with Gasteiger partial charge in [-0.1, -0.05) is 115 Å². The molecule has 0 amide bonds. The molecule has 0 saturated carbocycles. The van der Waals surface area contributed by atoms with Crippen molar-refractivity contribution in [3.05, 3.63) is 59.7 Å². The third-order valence-corrected chi connectivity index (χ3v) is 8.62. The Morgan fingerprint density at radius 3 is 1.05 bits per heavy atom. The smallest absolute Gasteiger partial charge is 0.0716 e. The van der Waals surface area contributed by atoms with Crippen LogP contribution in [0.2, 0.25) is 0 Å². The standard InChI is InChI=1S/C40H68N2O2/c1-5-9-13-29-41(27-11-7-3)31-15-17-33-43-35-37-19-23-39(24-20-37)40-25-21-38(22-26-40)36-44-34-18-16-32-42(28-12-8-4)30-14-10-6-2/h19-26H,5-18,27-36H2,1-4H3. The molecule has 4 heteroatoms. The molecule has 0 N–H and O–H groups in total. The van der Waals surface area contributed by atoms with Crippen LogP contribution in [0, 0.1) is 0 Å². The number of benzene rings is 2. The van der Waals surface area contributed by atoms with Gasteiger partial charge in [0.2, 0.25) is 0 Å². The lowest BCUT2D eigenvalue weighted by Gasteiger charge is -2.22. The summed E-state index contributed by atoms with van der Waals surface area (Å²) in [6, 6.07) is 17.7. The van der Waals surface area contributed by atoms with Gasteiger partial charge in [0.25, 0.3) is 0 Å². The van der Waals surface area contributed by atoms with Crippen molar-refractivity contribution in [3.8, 4) is 11.1 Å². The number of ether oxygens (including phenoxy) is 2. The lowest BCUT2D eigenvalue weighted by molar-refractivity contribution is 0.114. The average Bonchev–Trinajstić information content (AvgIpc) is 3.05. The highest BCUT2D eigenvalue weighted by atomic mass is 16.5. The molecule has 0 aromatic heterocycles. The van der Waals surface area contributed by atoms with Gasteiger partial charge in [-0.2, -0.15) is 0 Å². The van der Waals surface area contributed by atoms with Crippen molar-refractivity contribution < 1.29 is 9.47 Å². The van der Waals surface area contributed by atoms with Gasteiger partial charge in [0, 0.05) is 13.2 Å². The predicted octanol–water partition coefficient (Wildman–Crippen LogP) is 10.5. The van der Waals surface area contributed by atoms with Gasteiger partial charge in [-0.05, 0) is 113 Å². The first-order valence-corrected chi connectivity index (χ1v) is 18.5. The summed E-state index contributed by atoms with van der Waals surface area (Å²) in [5.74, 6) is 0. The van der Waals surface area contributed by atoms with E-state index in [1.807, 2.05) is 0 Å². The van der Waals surface area contributed by atoms with E-state index in [0.29, 0.717) is 13.2 Å². The largest absolute Gasteiger partial charge is 0.377 e. The van der Waals surface area contributed by atoms with Gasteiger partial charge >= 0.3 is 0 Å². The Kier molecular flexibility index (Phi) is 23.2. The maximum atomic E-state index is 6.02. The Bertz CT molecular complexity index is 823. The molecule has 0 fully saturated rings. The molecule has 44 heavy (non-hydrogen) atoms. The minimum Gasteiger partial charge on any atom is -0.377 e. The summed E-state index contributed by atoms with van der Waals surface area (Å²) in [4.78, 5) is 5.33. The maximum absolute atomic E-state index is 6.02. The monoisotopic (exact) mass is 609 g/mol. The second kappa shape index (κ2) is 26.5. The second-order valence-corrected chi connectivity index (χ2v) is 12.7. The Labute approximate surface area is 272 Å². The molecule has 0 saturated heterocycles. The molecule has 250 valence electrons. The molecule has 0 aliphatic carbocycles. The number of rotatable bonds is 29. The summed E-state index contributed by atoms with van der Waals surface area (Å²) >= 11 is 0. The molecule has 0 aliphatic rings. The summed E-state index contributed by atoms with van der Waals surface area (Å²) in [6.07, 6.45) is 17.9. The van der Waals surface area contributed by atoms with Crippen molar-refractivity contribution in [2.75, 3.05) is 52.5 Å². The molecule has 0 heterocycles. The third-order valence-electron chi connectivity index (χ3n) is 8.62. The second-order valence-electron chi connectivity index (χ2n) is 12.7. The molecular formula is C40H68N2O2. The van der Waals surface area contributed by atoms with Gasteiger partial charge in [0.15, 0.2) is 0 Å². The van der Waals surface area contributed by atoms with Crippen LogP contribution in [0.4, 0.5) is 0 Å². The fourth-order valence-corrected chi connectivity index (χ4v) is 5.65. The van der Waals surface area contributed by atoms with Crippen LogP contribution < -0.4 is 0 Å². The summed E-state index contributed by atoms with van der Waals surface area (Å²) in [7, 11) is 0. The van der Waals surface area contributed by atoms with Crippen LogP contribution in [-0.2, 0) is 22.7 Å². The van der Waals surface area contributed by atoms with E-state index < -0.39 is 0 Å². The Balaban J connectivity index is 1.61. The van der Waals surface area contributed by atoms with Gasteiger partial charge in [-0.3, -0.25) is 0 Å². The molecule has 0 unspecified atom stereocenters. The van der Waals surface area contributed by atoms with Gasteiger partial charge < -0.3 is 19.3 Å². The number of nitrogens with zero attached hydrogens (tertiary/aromatic N) is 2. The van der Waals surface area contributed by atoms with Crippen molar-refractivity contribution in [1.82, 2.24) is 9.80 Å². The lowest BCUT2D eigenvalue weighted by Crippen LogP contribution is -2.27. The van der Waals surface area contributed by atoms with Crippen LogP contribution >= 0.6 is 0 Å². The SMILES string of the molecule is CCCCCN(CCCC)CCCCOCc1ccc(-c2ccc(COCCCCN(CCCC)CCCCC)cc2)cc1. The van der Waals surface area contributed by atoms with Crippen LogP contribution in [0.3, 0.4) is 0 Å². The van der Waals surface area contributed by atoms with Crippen molar-refractivity contribution in [2.45, 2.75) is 131 Å². The van der Waals surface area contributed by atoms with Gasteiger partial charge in [0.1, 0.15) is 0 Å². The Hall–Kier alpha value is -1.72. The minimum absolute atomic E-state index is 0.697. The summed E-state index contributed by atoms with van der Waals surface area (Å²) < 4.78 is 12.0. The topological polar surface area (TPSA) is 24.9 Å². The van der Waals surface area contributed by atoms with Crippen molar-refractivity contribution >= 4 is 0 Å². The first-order valence-electron chi connectivity index (χ1n) is 18.5. The fraction of sp³-hybridized carbons (Fsp3) is 0.700. The van der Waals surface area contributed by atoms with E-state index in [0.717, 1.165) is 26.1 Å². The molecule has 0 atom stereocenters. The van der Waals surface area contributed by atoms with E-state index in [1.54, 1.807) is 0 Å². The van der Waals surface area contributed by atoms with E-state index >= 15 is 0 Å². The highest BCUT2D eigenvalue weighted by molar-refractivity contribution is 5.63. The molecular weight excluding hydrogens is 540 g/mol. The number of unbranched alkanes of at least 4 members (excludes halogenated alkanes) is 8. The zero-order valence-electron chi connectivity index (χ0n) is 29.3. The fourth-order valence-electron chi connectivity index (χ4n) is 5.65. The Morgan fingerprint density at radius 1 is 0.386 bits per heavy atom. The zero-order valence-corrected chi connectivity index (χ0v) is 29.3. The highest BCUT2D eigenvalue weighted by Crippen LogP contribution is 2.21. The van der Waals surface area contributed by atoms with Crippen LogP contribution in [0.25, 0.3) is 11.1 Å². The first kappa shape index (κ1) is 38.5. The normalized spacial score (nSPS) is 11.7. The van der Waals surface area contributed by atoms with Gasteiger partial charge in [-0.25, -0.2) is 0 Å². The third kappa shape index (κ3) is 18.3. The first-order chi connectivity index (χ1) is 21.7. The van der Waals surface area contributed by atoms with Crippen molar-refractivity contribution in [2.24, 2.45) is 0 Å². The molecule has 0 radical (unpaired) electrons. The number of hydrogen-bond donors (Lipinski definition) is 0. The maximum Gasteiger partial charge on any atom is 0.0716 e. The van der Waals surface area contributed by atoms with E-state index in [-0.39, 0.29) is 0 Å². The molecule has 2 aromatic rings. The number of hydrogen-bond acceptors (Lipinski definition) is 4. The molecule has 0 aliphatic heterocycles. The van der Waals surface area contributed by atoms with E-state index in [9.17, 15) is 0 Å². The van der Waals surface area contributed by atoms with Gasteiger partial charge in [0.05, 0.1) is 13.2 Å². The molecule has 0 spiro atoms. The van der Waals surface area contributed by atoms with Crippen molar-refractivity contribution in [1.29, 1.82) is 0 Å². The van der Waals surface area contributed by atoms with E-state index in [1.165, 1.54) is 139 Å². The minimum atomic E-state index is 0.697. The van der Waals surface area contributed by atoms with Crippen LogP contribution in [-0.4, -0.2) is 62.3 Å². The van der Waals surface area contributed by atoms with Crippen molar-refractivity contribution in [3.63, 3.8) is 0 Å². The molecule has 2 aromatic carbocycles. The quantitative estimate of drug-likeness (QED) is 0.0858. The molecule has 2 rings (SSSR count). The highest BCUT2D eigenvalue weighted by Gasteiger charge is 2.06.